The van der Waals surface area contributed by atoms with Gasteiger partial charge in [-0.3, -0.25) is 4.79 Å². The predicted molar refractivity (Wildman–Crippen MR) is 71.3 cm³/mol. The third kappa shape index (κ3) is 3.23. The third-order valence-electron chi connectivity index (χ3n) is 3.02. The van der Waals surface area contributed by atoms with Gasteiger partial charge in [0, 0.05) is 18.5 Å². The number of hydrogen-bond acceptors (Lipinski definition) is 3. The molecular formula is C15H17NO2. The maximum Gasteiger partial charge on any atom is 0.137 e. The molecule has 18 heavy (non-hydrogen) atoms. The lowest BCUT2D eigenvalue weighted by atomic mass is 9.94. The molecule has 1 atom stereocenters. The van der Waals surface area contributed by atoms with Crippen LogP contribution in [0.2, 0.25) is 0 Å². The van der Waals surface area contributed by atoms with Crippen molar-refractivity contribution in [2.75, 3.05) is 5.73 Å². The first-order valence-corrected chi connectivity index (χ1v) is 6.03. The van der Waals surface area contributed by atoms with Crippen molar-refractivity contribution in [3.8, 4) is 0 Å². The minimum atomic E-state index is 0.213. The van der Waals surface area contributed by atoms with E-state index in [1.165, 1.54) is 0 Å². The number of furan rings is 1. The summed E-state index contributed by atoms with van der Waals surface area (Å²) in [6.07, 6.45) is 4.18. The van der Waals surface area contributed by atoms with E-state index in [0.717, 1.165) is 16.8 Å². The Balaban J connectivity index is 1.92. The zero-order valence-corrected chi connectivity index (χ0v) is 10.4. The minimum absolute atomic E-state index is 0.213. The van der Waals surface area contributed by atoms with Crippen LogP contribution < -0.4 is 5.73 Å². The van der Waals surface area contributed by atoms with Crippen LogP contribution in [-0.4, -0.2) is 5.78 Å². The average molecular weight is 243 g/mol. The average Bonchev–Trinajstić information content (AvgIpc) is 2.82. The van der Waals surface area contributed by atoms with Crippen LogP contribution in [0.5, 0.6) is 0 Å². The molecule has 94 valence electrons. The van der Waals surface area contributed by atoms with Crippen LogP contribution >= 0.6 is 0 Å². The summed E-state index contributed by atoms with van der Waals surface area (Å²) < 4.78 is 4.95. The zero-order valence-electron chi connectivity index (χ0n) is 10.4. The Hall–Kier alpha value is -2.03. The molecule has 0 saturated carbocycles. The van der Waals surface area contributed by atoms with Gasteiger partial charge in [0.2, 0.25) is 0 Å². The molecule has 0 saturated heterocycles. The number of Topliss-reactive ketones (excluding diaryl/α,β-unsaturated/α-hetero) is 1. The lowest BCUT2D eigenvalue weighted by Crippen LogP contribution is -2.07. The normalized spacial score (nSPS) is 12.3. The highest BCUT2D eigenvalue weighted by Crippen LogP contribution is 2.21. The number of benzene rings is 1. The lowest BCUT2D eigenvalue weighted by molar-refractivity contribution is -0.118. The summed E-state index contributed by atoms with van der Waals surface area (Å²) in [6, 6.07) is 9.51. The van der Waals surface area contributed by atoms with Gasteiger partial charge >= 0.3 is 0 Å². The van der Waals surface area contributed by atoms with E-state index in [2.05, 4.69) is 6.92 Å². The van der Waals surface area contributed by atoms with E-state index in [9.17, 15) is 4.79 Å². The molecule has 0 aliphatic rings. The Morgan fingerprint density at radius 3 is 2.61 bits per heavy atom. The number of carbonyl (C=O) groups excluding carboxylic acids is 1. The molecule has 1 aromatic carbocycles. The van der Waals surface area contributed by atoms with Crippen LogP contribution in [0.15, 0.2) is 47.3 Å². The number of nitrogens with two attached hydrogens (primary N) is 1. The number of hydrogen-bond donors (Lipinski definition) is 1. The molecule has 0 aliphatic heterocycles. The topological polar surface area (TPSA) is 56.2 Å². The first-order chi connectivity index (χ1) is 8.65. The lowest BCUT2D eigenvalue weighted by Gasteiger charge is -2.10. The van der Waals surface area contributed by atoms with Crippen molar-refractivity contribution in [3.05, 3.63) is 54.0 Å². The summed E-state index contributed by atoms with van der Waals surface area (Å²) in [5.41, 5.74) is 8.47. The van der Waals surface area contributed by atoms with Gasteiger partial charge < -0.3 is 10.2 Å². The second kappa shape index (κ2) is 5.54. The summed E-state index contributed by atoms with van der Waals surface area (Å²) in [7, 11) is 0. The fourth-order valence-corrected chi connectivity index (χ4v) is 1.98. The quantitative estimate of drug-likeness (QED) is 0.820. The summed E-state index contributed by atoms with van der Waals surface area (Å²) in [6.45, 7) is 2.05. The SMILES string of the molecule is CC(CC(=O)Cc1ccoc1)c1ccc(N)cc1. The van der Waals surface area contributed by atoms with E-state index in [0.29, 0.717) is 12.8 Å². The fourth-order valence-electron chi connectivity index (χ4n) is 1.98. The van der Waals surface area contributed by atoms with Crippen LogP contribution in [0.25, 0.3) is 0 Å². The monoisotopic (exact) mass is 243 g/mol. The first kappa shape index (κ1) is 12.4. The van der Waals surface area contributed by atoms with Gasteiger partial charge in [0.15, 0.2) is 0 Å². The van der Waals surface area contributed by atoms with Gasteiger partial charge in [-0.2, -0.15) is 0 Å². The van der Waals surface area contributed by atoms with E-state index in [1.807, 2.05) is 30.3 Å². The zero-order chi connectivity index (χ0) is 13.0. The van der Waals surface area contributed by atoms with Crippen LogP contribution in [0.3, 0.4) is 0 Å². The van der Waals surface area contributed by atoms with Crippen molar-refractivity contribution >= 4 is 11.5 Å². The summed E-state index contributed by atoms with van der Waals surface area (Å²) in [4.78, 5) is 11.9. The number of nitrogen functional groups attached to an aromatic ring is 1. The van der Waals surface area contributed by atoms with Crippen LogP contribution in [0.4, 0.5) is 5.69 Å². The Labute approximate surface area is 107 Å². The molecule has 1 heterocycles. The van der Waals surface area contributed by atoms with Crippen molar-refractivity contribution in [1.82, 2.24) is 0 Å². The summed E-state index contributed by atoms with van der Waals surface area (Å²) in [5, 5.41) is 0. The van der Waals surface area contributed by atoms with E-state index >= 15 is 0 Å². The van der Waals surface area contributed by atoms with Crippen molar-refractivity contribution in [3.63, 3.8) is 0 Å². The molecule has 2 N–H and O–H groups in total. The Kier molecular flexibility index (Phi) is 3.82. The van der Waals surface area contributed by atoms with E-state index in [-0.39, 0.29) is 11.7 Å². The molecule has 2 rings (SSSR count). The Bertz CT molecular complexity index is 500. The van der Waals surface area contributed by atoms with Gasteiger partial charge in [0.05, 0.1) is 12.5 Å². The fraction of sp³-hybridized carbons (Fsp3) is 0.267. The largest absolute Gasteiger partial charge is 0.472 e. The molecule has 2 aromatic rings. The van der Waals surface area contributed by atoms with E-state index in [4.69, 9.17) is 10.2 Å². The van der Waals surface area contributed by atoms with Gasteiger partial charge in [-0.15, -0.1) is 0 Å². The molecule has 0 aliphatic carbocycles. The molecule has 3 nitrogen and oxygen atoms in total. The van der Waals surface area contributed by atoms with Gasteiger partial charge in [0.25, 0.3) is 0 Å². The number of anilines is 1. The highest BCUT2D eigenvalue weighted by molar-refractivity contribution is 5.81. The van der Waals surface area contributed by atoms with Gasteiger partial charge in [0.1, 0.15) is 5.78 Å². The second-order valence-electron chi connectivity index (χ2n) is 4.62. The van der Waals surface area contributed by atoms with Crippen LogP contribution in [0, 0.1) is 0 Å². The molecule has 3 heteroatoms. The summed E-state index contributed by atoms with van der Waals surface area (Å²) >= 11 is 0. The third-order valence-corrected chi connectivity index (χ3v) is 3.02. The maximum absolute atomic E-state index is 11.9. The Morgan fingerprint density at radius 1 is 1.28 bits per heavy atom. The molecule has 0 radical (unpaired) electrons. The minimum Gasteiger partial charge on any atom is -0.472 e. The first-order valence-electron chi connectivity index (χ1n) is 6.03. The molecule has 0 spiro atoms. The van der Waals surface area contributed by atoms with Crippen molar-refractivity contribution in [2.24, 2.45) is 0 Å². The number of rotatable bonds is 5. The highest BCUT2D eigenvalue weighted by atomic mass is 16.3. The highest BCUT2D eigenvalue weighted by Gasteiger charge is 2.12. The van der Waals surface area contributed by atoms with Gasteiger partial charge in [-0.05, 0) is 35.2 Å². The predicted octanol–water partition coefficient (Wildman–Crippen LogP) is 3.17. The van der Waals surface area contributed by atoms with Crippen molar-refractivity contribution < 1.29 is 9.21 Å². The maximum atomic E-state index is 11.9. The van der Waals surface area contributed by atoms with Crippen LogP contribution in [0.1, 0.15) is 30.4 Å². The van der Waals surface area contributed by atoms with Gasteiger partial charge in [-0.1, -0.05) is 19.1 Å². The molecule has 0 fully saturated rings. The molecular weight excluding hydrogens is 226 g/mol. The molecule has 1 unspecified atom stereocenters. The summed E-state index contributed by atoms with van der Waals surface area (Å²) in [5.74, 6) is 0.436. The van der Waals surface area contributed by atoms with Crippen molar-refractivity contribution in [1.29, 1.82) is 0 Å². The second-order valence-corrected chi connectivity index (χ2v) is 4.62. The standard InChI is InChI=1S/C15H17NO2/c1-11(13-2-4-14(16)5-3-13)8-15(17)9-12-6-7-18-10-12/h2-7,10-11H,8-9,16H2,1H3. The van der Waals surface area contributed by atoms with E-state index < -0.39 is 0 Å². The van der Waals surface area contributed by atoms with Gasteiger partial charge in [-0.25, -0.2) is 0 Å². The van der Waals surface area contributed by atoms with Crippen molar-refractivity contribution in [2.45, 2.75) is 25.7 Å². The number of carbonyl (C=O) groups is 1. The smallest absolute Gasteiger partial charge is 0.137 e. The van der Waals surface area contributed by atoms with E-state index in [1.54, 1.807) is 12.5 Å². The number of ketones is 1. The Morgan fingerprint density at radius 2 is 2.00 bits per heavy atom. The molecule has 0 amide bonds. The molecule has 0 bridgehead atoms. The molecule has 1 aromatic heterocycles. The van der Waals surface area contributed by atoms with Crippen LogP contribution in [-0.2, 0) is 11.2 Å².